The molecule has 0 saturated heterocycles. The summed E-state index contributed by atoms with van der Waals surface area (Å²) in [6, 6.07) is 11.6. The summed E-state index contributed by atoms with van der Waals surface area (Å²) in [5.41, 5.74) is 2.99. The number of thiophene rings is 1. The molecule has 1 aliphatic heterocycles. The molecule has 20 heavy (non-hydrogen) atoms. The monoisotopic (exact) mass is 303 g/mol. The molecule has 2 unspecified atom stereocenters. The molecule has 0 amide bonds. The molecule has 1 nitrogen and oxygen atoms in total. The number of fused-ring (bicyclic) bond motifs is 1. The van der Waals surface area contributed by atoms with E-state index >= 15 is 0 Å². The summed E-state index contributed by atoms with van der Waals surface area (Å²) < 4.78 is 0. The second-order valence-corrected chi connectivity index (χ2v) is 8.07. The van der Waals surface area contributed by atoms with E-state index in [9.17, 15) is 0 Å². The molecule has 0 fully saturated rings. The average Bonchev–Trinajstić information content (AvgIpc) is 2.99. The molecule has 3 heteroatoms. The van der Waals surface area contributed by atoms with Crippen LogP contribution in [0.5, 0.6) is 0 Å². The quantitative estimate of drug-likeness (QED) is 0.861. The predicted octanol–water partition coefficient (Wildman–Crippen LogP) is 4.91. The molecule has 1 aromatic heterocycles. The summed E-state index contributed by atoms with van der Waals surface area (Å²) in [6.07, 6.45) is 0. The minimum atomic E-state index is 0.442. The molecule has 0 bridgehead atoms. The van der Waals surface area contributed by atoms with E-state index in [0.717, 1.165) is 6.54 Å². The molecule has 0 spiro atoms. The average molecular weight is 303 g/mol. The zero-order valence-electron chi connectivity index (χ0n) is 12.3. The van der Waals surface area contributed by atoms with Crippen LogP contribution in [0.25, 0.3) is 0 Å². The van der Waals surface area contributed by atoms with Crippen LogP contribution in [0.2, 0.25) is 0 Å². The molecule has 0 saturated carbocycles. The Hall–Kier alpha value is -0.770. The van der Waals surface area contributed by atoms with E-state index in [-0.39, 0.29) is 0 Å². The van der Waals surface area contributed by atoms with Crippen LogP contribution in [-0.2, 0) is 0 Å². The van der Waals surface area contributed by atoms with Gasteiger partial charge >= 0.3 is 0 Å². The van der Waals surface area contributed by atoms with Crippen molar-refractivity contribution in [3.05, 3.63) is 51.2 Å². The van der Waals surface area contributed by atoms with E-state index in [1.54, 1.807) is 0 Å². The van der Waals surface area contributed by atoms with Crippen LogP contribution >= 0.6 is 23.1 Å². The maximum Gasteiger partial charge on any atom is 0.0303 e. The molecule has 2 aromatic rings. The van der Waals surface area contributed by atoms with Gasteiger partial charge in [-0.25, -0.2) is 0 Å². The van der Waals surface area contributed by atoms with Gasteiger partial charge in [0.15, 0.2) is 0 Å². The SMILES string of the molecule is Cc1cc(C(C)NCC2CSc3ccccc32)c(C)s1. The van der Waals surface area contributed by atoms with Crippen molar-refractivity contribution in [2.75, 3.05) is 12.3 Å². The van der Waals surface area contributed by atoms with Crippen LogP contribution in [0.1, 0.15) is 39.8 Å². The van der Waals surface area contributed by atoms with Gasteiger partial charge in [-0.2, -0.15) is 0 Å². The summed E-state index contributed by atoms with van der Waals surface area (Å²) in [5.74, 6) is 1.86. The van der Waals surface area contributed by atoms with Crippen molar-refractivity contribution in [2.24, 2.45) is 0 Å². The zero-order valence-corrected chi connectivity index (χ0v) is 13.9. The topological polar surface area (TPSA) is 12.0 Å². The Balaban J connectivity index is 1.65. The summed E-state index contributed by atoms with van der Waals surface area (Å²) in [5, 5.41) is 3.73. The van der Waals surface area contributed by atoms with Crippen molar-refractivity contribution >= 4 is 23.1 Å². The number of hydrogen-bond donors (Lipinski definition) is 1. The van der Waals surface area contributed by atoms with E-state index in [0.29, 0.717) is 12.0 Å². The molecule has 2 heterocycles. The fourth-order valence-corrected chi connectivity index (χ4v) is 5.18. The van der Waals surface area contributed by atoms with Crippen LogP contribution in [0.15, 0.2) is 35.2 Å². The van der Waals surface area contributed by atoms with Gasteiger partial charge in [-0.1, -0.05) is 18.2 Å². The molecule has 1 N–H and O–H groups in total. The smallest absolute Gasteiger partial charge is 0.0303 e. The predicted molar refractivity (Wildman–Crippen MR) is 90.1 cm³/mol. The third-order valence-corrected chi connectivity index (χ3v) is 6.25. The van der Waals surface area contributed by atoms with Gasteiger partial charge in [0.2, 0.25) is 0 Å². The molecule has 1 aliphatic rings. The lowest BCUT2D eigenvalue weighted by Crippen LogP contribution is -2.24. The van der Waals surface area contributed by atoms with Crippen molar-refractivity contribution in [3.63, 3.8) is 0 Å². The molecule has 3 rings (SSSR count). The first-order valence-electron chi connectivity index (χ1n) is 7.17. The minimum absolute atomic E-state index is 0.442. The Morgan fingerprint density at radius 3 is 2.85 bits per heavy atom. The first kappa shape index (κ1) is 14.2. The van der Waals surface area contributed by atoms with Gasteiger partial charge in [0, 0.05) is 38.9 Å². The third kappa shape index (κ3) is 2.80. The number of hydrogen-bond acceptors (Lipinski definition) is 3. The van der Waals surface area contributed by atoms with Crippen LogP contribution in [0.3, 0.4) is 0 Å². The van der Waals surface area contributed by atoms with Gasteiger partial charge in [-0.15, -0.1) is 23.1 Å². The van der Waals surface area contributed by atoms with E-state index < -0.39 is 0 Å². The standard InChI is InChI=1S/C17H21NS2/c1-11-8-16(13(3)20-11)12(2)18-9-14-10-19-17-7-5-4-6-15(14)17/h4-8,12,14,18H,9-10H2,1-3H3. The largest absolute Gasteiger partial charge is 0.310 e. The van der Waals surface area contributed by atoms with Gasteiger partial charge in [0.25, 0.3) is 0 Å². The summed E-state index contributed by atoms with van der Waals surface area (Å²) in [4.78, 5) is 4.33. The van der Waals surface area contributed by atoms with Crippen LogP contribution in [0, 0.1) is 13.8 Å². The second-order valence-electron chi connectivity index (χ2n) is 5.54. The summed E-state index contributed by atoms with van der Waals surface area (Å²) in [6.45, 7) is 7.77. The highest BCUT2D eigenvalue weighted by Crippen LogP contribution is 2.39. The van der Waals surface area contributed by atoms with Gasteiger partial charge in [-0.3, -0.25) is 0 Å². The van der Waals surface area contributed by atoms with Gasteiger partial charge in [0.05, 0.1) is 0 Å². The van der Waals surface area contributed by atoms with E-state index in [1.807, 2.05) is 23.1 Å². The van der Waals surface area contributed by atoms with Crippen molar-refractivity contribution in [3.8, 4) is 0 Å². The third-order valence-electron chi connectivity index (χ3n) is 4.02. The normalized spacial score (nSPS) is 19.1. The number of nitrogens with one attached hydrogen (secondary N) is 1. The maximum absolute atomic E-state index is 3.73. The Morgan fingerprint density at radius 2 is 2.10 bits per heavy atom. The molecular formula is C17H21NS2. The molecule has 0 aliphatic carbocycles. The molecule has 2 atom stereocenters. The summed E-state index contributed by atoms with van der Waals surface area (Å²) in [7, 11) is 0. The minimum Gasteiger partial charge on any atom is -0.310 e. The highest BCUT2D eigenvalue weighted by molar-refractivity contribution is 7.99. The summed E-state index contributed by atoms with van der Waals surface area (Å²) >= 11 is 3.89. The highest BCUT2D eigenvalue weighted by Gasteiger charge is 2.23. The van der Waals surface area contributed by atoms with Crippen molar-refractivity contribution < 1.29 is 0 Å². The van der Waals surface area contributed by atoms with Gasteiger partial charge < -0.3 is 5.32 Å². The molecular weight excluding hydrogens is 282 g/mol. The highest BCUT2D eigenvalue weighted by atomic mass is 32.2. The lowest BCUT2D eigenvalue weighted by molar-refractivity contribution is 0.540. The van der Waals surface area contributed by atoms with Crippen molar-refractivity contribution in [1.29, 1.82) is 0 Å². The first-order chi connectivity index (χ1) is 9.65. The van der Waals surface area contributed by atoms with E-state index in [2.05, 4.69) is 56.4 Å². The van der Waals surface area contributed by atoms with Gasteiger partial charge in [0.1, 0.15) is 0 Å². The number of rotatable bonds is 4. The first-order valence-corrected chi connectivity index (χ1v) is 8.97. The van der Waals surface area contributed by atoms with Gasteiger partial charge in [-0.05, 0) is 44.0 Å². The lowest BCUT2D eigenvalue weighted by atomic mass is 10.0. The Morgan fingerprint density at radius 1 is 1.30 bits per heavy atom. The molecule has 1 aromatic carbocycles. The van der Waals surface area contributed by atoms with Crippen LogP contribution < -0.4 is 5.32 Å². The Kier molecular flexibility index (Phi) is 4.20. The number of thioether (sulfide) groups is 1. The van der Waals surface area contributed by atoms with E-state index in [1.165, 1.54) is 31.5 Å². The number of aryl methyl sites for hydroxylation is 2. The fraction of sp³-hybridized carbons (Fsp3) is 0.412. The van der Waals surface area contributed by atoms with Crippen molar-refractivity contribution in [1.82, 2.24) is 5.32 Å². The zero-order chi connectivity index (χ0) is 14.1. The van der Waals surface area contributed by atoms with Crippen LogP contribution in [0.4, 0.5) is 0 Å². The Labute approximate surface area is 129 Å². The van der Waals surface area contributed by atoms with E-state index in [4.69, 9.17) is 0 Å². The molecule has 0 radical (unpaired) electrons. The maximum atomic E-state index is 3.73. The lowest BCUT2D eigenvalue weighted by Gasteiger charge is -2.18. The fourth-order valence-electron chi connectivity index (χ4n) is 2.91. The molecule has 106 valence electrons. The number of benzene rings is 1. The van der Waals surface area contributed by atoms with Crippen LogP contribution in [-0.4, -0.2) is 12.3 Å². The second kappa shape index (κ2) is 5.92. The van der Waals surface area contributed by atoms with Crippen molar-refractivity contribution in [2.45, 2.75) is 37.6 Å². The Bertz CT molecular complexity index is 603.